The molecule has 32 heavy (non-hydrogen) atoms. The molecule has 3 aromatic rings. The van der Waals surface area contributed by atoms with Crippen LogP contribution in [0.3, 0.4) is 0 Å². The van der Waals surface area contributed by atoms with Gasteiger partial charge in [0.15, 0.2) is 6.71 Å². The Hall–Kier alpha value is -1.98. The Morgan fingerprint density at radius 1 is 0.562 bits per heavy atom. The smallest absolute Gasteiger partial charge is 0.0940 e. The van der Waals surface area contributed by atoms with Gasteiger partial charge >= 0.3 is 0 Å². The normalized spacial score (nSPS) is 12.5. The largest absolute Gasteiger partial charge is 0.172 e. The maximum Gasteiger partial charge on any atom is 0.172 e. The van der Waals surface area contributed by atoms with E-state index in [1.54, 1.807) is 5.19 Å². The maximum absolute atomic E-state index is 2.48. The van der Waals surface area contributed by atoms with Gasteiger partial charge in [-0.05, 0) is 33.6 Å². The average Bonchev–Trinajstić information content (AvgIpc) is 2.74. The predicted octanol–water partition coefficient (Wildman–Crippen LogP) is 7.30. The lowest BCUT2D eigenvalue weighted by atomic mass is 9.36. The zero-order valence-corrected chi connectivity index (χ0v) is 22.0. The van der Waals surface area contributed by atoms with Gasteiger partial charge in [-0.3, -0.25) is 0 Å². The molecule has 3 aromatic carbocycles. The molecule has 0 aliphatic carbocycles. The minimum atomic E-state index is -1.96. The minimum Gasteiger partial charge on any atom is -0.0940 e. The maximum atomic E-state index is 2.48. The third-order valence-corrected chi connectivity index (χ3v) is 10.9. The van der Waals surface area contributed by atoms with Crippen LogP contribution < -0.4 is 15.9 Å². The Kier molecular flexibility index (Phi) is 7.62. The van der Waals surface area contributed by atoms with E-state index in [-0.39, 0.29) is 10.8 Å². The van der Waals surface area contributed by atoms with Crippen molar-refractivity contribution in [2.75, 3.05) is 0 Å². The molecule has 0 saturated carbocycles. The van der Waals surface area contributed by atoms with Gasteiger partial charge in [-0.25, -0.2) is 0 Å². The SMILES string of the molecule is CC(B(CC(C)(C)C)CC(C)(C)C)=P(c1ccccc1)(c1ccccc1)c1ccccc1. The van der Waals surface area contributed by atoms with Crippen LogP contribution in [0.1, 0.15) is 48.5 Å². The average molecular weight is 442 g/mol. The van der Waals surface area contributed by atoms with Crippen molar-refractivity contribution in [2.45, 2.75) is 61.1 Å². The summed E-state index contributed by atoms with van der Waals surface area (Å²) in [4.78, 5) is 0. The molecule has 0 aliphatic heterocycles. The molecule has 0 unspecified atom stereocenters. The Labute approximate surface area is 197 Å². The van der Waals surface area contributed by atoms with Gasteiger partial charge in [0.05, 0.1) is 0 Å². The molecule has 168 valence electrons. The van der Waals surface area contributed by atoms with E-state index in [9.17, 15) is 0 Å². The first-order valence-corrected chi connectivity index (χ1v) is 13.7. The molecule has 0 bridgehead atoms. The Bertz CT molecular complexity index is 919. The molecule has 2 heteroatoms. The second-order valence-corrected chi connectivity index (χ2v) is 15.1. The number of hydrogen-bond donors (Lipinski definition) is 0. The van der Waals surface area contributed by atoms with Gasteiger partial charge in [-0.2, -0.15) is 0 Å². The minimum absolute atomic E-state index is 0.275. The summed E-state index contributed by atoms with van der Waals surface area (Å²) in [6.07, 6.45) is 2.40. The fourth-order valence-corrected chi connectivity index (χ4v) is 9.84. The second-order valence-electron chi connectivity index (χ2n) is 11.5. The molecule has 0 N–H and O–H groups in total. The van der Waals surface area contributed by atoms with Crippen molar-refractivity contribution in [3.63, 3.8) is 0 Å². The molecule has 0 radical (unpaired) electrons. The van der Waals surface area contributed by atoms with Crippen molar-refractivity contribution >= 4 is 34.7 Å². The van der Waals surface area contributed by atoms with Gasteiger partial charge in [0, 0.05) is 0 Å². The fraction of sp³-hybridized carbons (Fsp3) is 0.367. The highest BCUT2D eigenvalue weighted by molar-refractivity contribution is 7.97. The van der Waals surface area contributed by atoms with Crippen molar-refractivity contribution in [3.05, 3.63) is 91.0 Å². The first kappa shape index (κ1) is 24.7. The zero-order chi connectivity index (χ0) is 23.4. The van der Waals surface area contributed by atoms with Crippen molar-refractivity contribution in [2.24, 2.45) is 10.8 Å². The van der Waals surface area contributed by atoms with Gasteiger partial charge in [0.1, 0.15) is 0 Å². The molecular weight excluding hydrogens is 402 g/mol. The lowest BCUT2D eigenvalue weighted by molar-refractivity contribution is 0.442. The molecule has 0 fully saturated rings. The molecule has 0 saturated heterocycles. The van der Waals surface area contributed by atoms with Crippen LogP contribution in [0.25, 0.3) is 0 Å². The fourth-order valence-electron chi connectivity index (χ4n) is 5.13. The number of benzene rings is 3. The summed E-state index contributed by atoms with van der Waals surface area (Å²) in [5.41, 5.74) is 0.549. The molecule has 0 amide bonds. The third-order valence-electron chi connectivity index (χ3n) is 6.27. The van der Waals surface area contributed by atoms with Crippen LogP contribution in [0.5, 0.6) is 0 Å². The lowest BCUT2D eigenvalue weighted by Gasteiger charge is -2.37. The van der Waals surface area contributed by atoms with Crippen molar-refractivity contribution < 1.29 is 0 Å². The summed E-state index contributed by atoms with van der Waals surface area (Å²) in [5.74, 6) is 0. The molecular formula is C30H40BP. The molecule has 0 aliphatic rings. The molecule has 0 atom stereocenters. The van der Waals surface area contributed by atoms with E-state index in [2.05, 4.69) is 139 Å². The Balaban J connectivity index is 2.47. The zero-order valence-electron chi connectivity index (χ0n) is 21.1. The predicted molar refractivity (Wildman–Crippen MR) is 150 cm³/mol. The number of rotatable bonds is 6. The van der Waals surface area contributed by atoms with Crippen LogP contribution in [-0.2, 0) is 0 Å². The van der Waals surface area contributed by atoms with E-state index in [0.717, 1.165) is 0 Å². The van der Waals surface area contributed by atoms with E-state index in [0.29, 0.717) is 6.71 Å². The Morgan fingerprint density at radius 2 is 0.844 bits per heavy atom. The first-order valence-electron chi connectivity index (χ1n) is 11.9. The molecule has 0 heterocycles. The summed E-state index contributed by atoms with van der Waals surface area (Å²) >= 11 is 0. The van der Waals surface area contributed by atoms with E-state index in [4.69, 9.17) is 0 Å². The standard InChI is InChI=1S/C30H40BP/c1-25(31(23-29(2,3)4)24-30(5,6)7)32(26-17-11-8-12-18-26,27-19-13-9-14-20-27)28-21-15-10-16-22-28/h8-22H,23-24H2,1-7H3. The first-order chi connectivity index (χ1) is 15.0. The second kappa shape index (κ2) is 9.88. The summed E-state index contributed by atoms with van der Waals surface area (Å²) in [7, 11) is 0. The van der Waals surface area contributed by atoms with Crippen LogP contribution in [0.15, 0.2) is 91.0 Å². The van der Waals surface area contributed by atoms with Gasteiger partial charge in [-0.15, -0.1) is 0 Å². The highest BCUT2D eigenvalue weighted by Gasteiger charge is 2.35. The van der Waals surface area contributed by atoms with Crippen LogP contribution in [0.2, 0.25) is 12.6 Å². The number of hydrogen-bond acceptors (Lipinski definition) is 0. The van der Waals surface area contributed by atoms with E-state index < -0.39 is 6.89 Å². The molecule has 0 aromatic heterocycles. The van der Waals surface area contributed by atoms with Crippen LogP contribution in [0, 0.1) is 10.8 Å². The third kappa shape index (κ3) is 5.68. The van der Waals surface area contributed by atoms with Gasteiger partial charge in [0.25, 0.3) is 0 Å². The summed E-state index contributed by atoms with van der Waals surface area (Å²) in [5, 5.41) is 6.04. The van der Waals surface area contributed by atoms with Gasteiger partial charge in [-0.1, -0.05) is 157 Å². The van der Waals surface area contributed by atoms with Crippen molar-refractivity contribution in [3.8, 4) is 0 Å². The van der Waals surface area contributed by atoms with Crippen LogP contribution in [-0.4, -0.2) is 11.9 Å². The van der Waals surface area contributed by atoms with Crippen molar-refractivity contribution in [1.29, 1.82) is 0 Å². The molecule has 0 nitrogen and oxygen atoms in total. The van der Waals surface area contributed by atoms with Crippen molar-refractivity contribution in [1.82, 2.24) is 0 Å². The van der Waals surface area contributed by atoms with E-state index in [1.165, 1.54) is 28.6 Å². The quantitative estimate of drug-likeness (QED) is 0.278. The summed E-state index contributed by atoms with van der Waals surface area (Å²) in [6, 6.07) is 33.9. The van der Waals surface area contributed by atoms with Gasteiger partial charge < -0.3 is 0 Å². The topological polar surface area (TPSA) is 0 Å². The van der Waals surface area contributed by atoms with Crippen LogP contribution >= 0.6 is 6.89 Å². The monoisotopic (exact) mass is 442 g/mol. The highest BCUT2D eigenvalue weighted by Crippen LogP contribution is 2.48. The summed E-state index contributed by atoms with van der Waals surface area (Å²) in [6.45, 7) is 15.4. The lowest BCUT2D eigenvalue weighted by Crippen LogP contribution is -2.39. The van der Waals surface area contributed by atoms with E-state index in [1.807, 2.05) is 0 Å². The Morgan fingerprint density at radius 3 is 1.09 bits per heavy atom. The highest BCUT2D eigenvalue weighted by atomic mass is 31.2. The van der Waals surface area contributed by atoms with E-state index >= 15 is 0 Å². The van der Waals surface area contributed by atoms with Crippen LogP contribution in [0.4, 0.5) is 0 Å². The molecule has 3 rings (SSSR count). The van der Waals surface area contributed by atoms with Gasteiger partial charge in [0.2, 0.25) is 0 Å². The molecule has 0 spiro atoms. The summed E-state index contributed by atoms with van der Waals surface area (Å²) < 4.78 is 0.